The van der Waals surface area contributed by atoms with E-state index in [-0.39, 0.29) is 121 Å². The first kappa shape index (κ1) is 62.1. The van der Waals surface area contributed by atoms with Gasteiger partial charge in [0.05, 0.1) is 0 Å². The van der Waals surface area contributed by atoms with Crippen molar-refractivity contribution < 1.29 is 93.0 Å². The van der Waals surface area contributed by atoms with Gasteiger partial charge in [-0.2, -0.15) is 0 Å². The number of hydrogen-bond donors (Lipinski definition) is 0. The molecule has 0 atom stereocenters. The molecule has 0 saturated carbocycles. The summed E-state index contributed by atoms with van der Waals surface area (Å²) >= 11 is 0. The first-order chi connectivity index (χ1) is 16.6. The summed E-state index contributed by atoms with van der Waals surface area (Å²) < 4.78 is 0. The topological polar surface area (TPSA) is 241 Å². The van der Waals surface area contributed by atoms with Crippen molar-refractivity contribution in [2.45, 2.75) is 119 Å². The third-order valence-corrected chi connectivity index (χ3v) is 2.72. The third-order valence-electron chi connectivity index (χ3n) is 2.72. The van der Waals surface area contributed by atoms with Crippen LogP contribution in [0.5, 0.6) is 0 Å². The normalized spacial score (nSPS) is 7.54. The minimum Gasteiger partial charge on any atom is -0.550 e. The van der Waals surface area contributed by atoms with Crippen molar-refractivity contribution in [3.8, 4) is 0 Å². The van der Waals surface area contributed by atoms with Crippen LogP contribution in [0.25, 0.3) is 0 Å². The molecule has 0 spiro atoms. The maximum Gasteiger partial charge on any atom is 2.00 e. The summed E-state index contributed by atoms with van der Waals surface area (Å²) in [4.78, 5) is 56.9. The van der Waals surface area contributed by atoms with E-state index in [1.165, 1.54) is 0 Å². The summed E-state index contributed by atoms with van der Waals surface area (Å²) in [6, 6.07) is 0. The van der Waals surface area contributed by atoms with E-state index in [0.717, 1.165) is 0 Å². The molecule has 0 amide bonds. The molecule has 0 bridgehead atoms. The molecule has 0 rings (SSSR count). The van der Waals surface area contributed by atoms with Gasteiger partial charge in [0.1, 0.15) is 0 Å². The van der Waals surface area contributed by atoms with Gasteiger partial charge in [-0.15, -0.1) is 0 Å². The number of carboxylic acid groups (broad SMARTS) is 6. The monoisotopic (exact) mass is 781 g/mol. The van der Waals surface area contributed by atoms with Gasteiger partial charge in [-0.1, -0.05) is 80.1 Å². The van der Waals surface area contributed by atoms with Crippen molar-refractivity contribution in [1.29, 1.82) is 0 Å². The largest absolute Gasteiger partial charge is 2.00 e. The Balaban J connectivity index is -0.0000000390. The Morgan fingerprint density at radius 3 is 0.436 bits per heavy atom. The molecular weight excluding hydrogens is 740 g/mol. The molecule has 0 aromatic heterocycles. The van der Waals surface area contributed by atoms with Gasteiger partial charge in [0, 0.05) is 35.8 Å². The van der Waals surface area contributed by atoms with Crippen molar-refractivity contribution >= 4 is 84.7 Å². The summed E-state index contributed by atoms with van der Waals surface area (Å²) in [5.41, 5.74) is 0. The summed E-state index contributed by atoms with van der Waals surface area (Å²) in [7, 11) is 0. The van der Waals surface area contributed by atoms with Crippen LogP contribution >= 0.6 is 0 Å². The van der Waals surface area contributed by atoms with Gasteiger partial charge >= 0.3 is 82.4 Å². The average molecular weight is 782 g/mol. The molecule has 12 nitrogen and oxygen atoms in total. The molecule has 0 aliphatic rings. The predicted octanol–water partition coefficient (Wildman–Crippen LogP) is -3.17. The van der Waals surface area contributed by atoms with Crippen LogP contribution in [-0.4, -0.2) is 84.7 Å². The van der Waals surface area contributed by atoms with Crippen LogP contribution in [0, 0.1) is 0 Å². The van der Waals surface area contributed by atoms with Crippen LogP contribution in [0.3, 0.4) is 0 Å². The van der Waals surface area contributed by atoms with Crippen LogP contribution in [0.2, 0.25) is 0 Å². The zero-order valence-corrected chi connectivity index (χ0v) is 30.1. The number of hydrogen-bond acceptors (Lipinski definition) is 12. The fourth-order valence-electron chi connectivity index (χ4n) is 1.22. The second kappa shape index (κ2) is 57.3. The minimum absolute atomic E-state index is 0. The number of rotatable bonds is 12. The smallest absolute Gasteiger partial charge is 0.550 e. The Hall–Kier alpha value is -0.596. The molecule has 233 valence electrons. The van der Waals surface area contributed by atoms with Crippen LogP contribution in [0.1, 0.15) is 119 Å². The van der Waals surface area contributed by atoms with Gasteiger partial charge in [0.2, 0.25) is 0 Å². The van der Waals surface area contributed by atoms with Crippen molar-refractivity contribution in [2.75, 3.05) is 0 Å². The van der Waals surface area contributed by atoms with E-state index in [1.807, 2.05) is 0 Å². The number of carbonyl (C=O) groups excluding carboxylic acids is 6. The molecule has 0 saturated heterocycles. The maximum atomic E-state index is 9.49. The average Bonchev–Trinajstić information content (AvgIpc) is 2.69. The Labute approximate surface area is 293 Å². The SMILES string of the molecule is CCCC(=O)[O-].CCCC(=O)[O-].CCCC(=O)[O-].CCCC(=O)[O-].CCCC(=O)[O-].CCCC(=O)[O-].[Ba+2].[Cu+2].[Ni+2]. The van der Waals surface area contributed by atoms with Gasteiger partial charge in [0.25, 0.3) is 0 Å². The molecule has 0 aromatic rings. The number of carbonyl (C=O) groups is 6. The third kappa shape index (κ3) is 155. The molecule has 15 heteroatoms. The van der Waals surface area contributed by atoms with E-state index < -0.39 is 35.8 Å². The summed E-state index contributed by atoms with van der Waals surface area (Å²) in [6.45, 7) is 10.8. The summed E-state index contributed by atoms with van der Waals surface area (Å²) in [6.07, 6.45) is 5.10. The molecule has 0 aliphatic carbocycles. The predicted molar refractivity (Wildman–Crippen MR) is 125 cm³/mol. The van der Waals surface area contributed by atoms with Crippen molar-refractivity contribution in [1.82, 2.24) is 0 Å². The van der Waals surface area contributed by atoms with E-state index in [4.69, 9.17) is 0 Å². The van der Waals surface area contributed by atoms with Gasteiger partial charge in [-0.3, -0.25) is 0 Å². The zero-order chi connectivity index (χ0) is 29.9. The first-order valence-electron chi connectivity index (χ1n) is 11.8. The number of carboxylic acids is 6. The van der Waals surface area contributed by atoms with Crippen molar-refractivity contribution in [3.63, 3.8) is 0 Å². The van der Waals surface area contributed by atoms with Gasteiger partial charge in [0.15, 0.2) is 0 Å². The number of aliphatic carboxylic acids is 6. The molecule has 1 radical (unpaired) electrons. The standard InChI is InChI=1S/6C4H8O2.Ba.Cu.Ni/c6*1-2-3-4(5)6;;;/h6*2-3H2,1H3,(H,5,6);;;/q;;;;;;3*+2/p-6. The van der Waals surface area contributed by atoms with Crippen molar-refractivity contribution in [3.05, 3.63) is 0 Å². The van der Waals surface area contributed by atoms with Crippen molar-refractivity contribution in [2.24, 2.45) is 0 Å². The van der Waals surface area contributed by atoms with E-state index in [0.29, 0.717) is 38.5 Å². The van der Waals surface area contributed by atoms with Crippen LogP contribution in [-0.2, 0) is 62.3 Å². The van der Waals surface area contributed by atoms with Gasteiger partial charge < -0.3 is 59.4 Å². The van der Waals surface area contributed by atoms with Crippen LogP contribution < -0.4 is 30.6 Å². The van der Waals surface area contributed by atoms with Gasteiger partial charge in [-0.05, 0) is 38.5 Å². The molecule has 0 fully saturated rings. The summed E-state index contributed by atoms with van der Waals surface area (Å²) in [5, 5.41) is 56.9. The van der Waals surface area contributed by atoms with Crippen LogP contribution in [0.15, 0.2) is 0 Å². The first-order valence-corrected chi connectivity index (χ1v) is 11.8. The molecule has 0 aromatic carbocycles. The maximum absolute atomic E-state index is 9.49. The second-order valence-corrected chi connectivity index (χ2v) is 6.73. The Morgan fingerprint density at radius 1 is 0.359 bits per heavy atom. The minimum atomic E-state index is -0.961. The van der Waals surface area contributed by atoms with E-state index in [9.17, 15) is 59.4 Å². The van der Waals surface area contributed by atoms with E-state index >= 15 is 0 Å². The Morgan fingerprint density at radius 2 is 0.436 bits per heavy atom. The zero-order valence-electron chi connectivity index (χ0n) is 23.7. The molecule has 0 N–H and O–H groups in total. The van der Waals surface area contributed by atoms with Crippen LogP contribution in [0.4, 0.5) is 0 Å². The Kier molecular flexibility index (Phi) is 91.4. The fraction of sp³-hybridized carbons (Fsp3) is 0.750. The molecule has 39 heavy (non-hydrogen) atoms. The molecule has 0 heterocycles. The van der Waals surface area contributed by atoms with Gasteiger partial charge in [-0.25, -0.2) is 0 Å². The van der Waals surface area contributed by atoms with E-state index in [1.54, 1.807) is 41.5 Å². The van der Waals surface area contributed by atoms with E-state index in [2.05, 4.69) is 0 Å². The molecular formula is C24H42BaCuNiO12. The molecule has 0 aliphatic heterocycles. The fourth-order valence-corrected chi connectivity index (χ4v) is 1.22. The molecule has 0 unspecified atom stereocenters. The second-order valence-electron chi connectivity index (χ2n) is 6.73. The quantitative estimate of drug-likeness (QED) is 0.178. The summed E-state index contributed by atoms with van der Waals surface area (Å²) in [5.74, 6) is -5.76. The Bertz CT molecular complexity index is 441.